The van der Waals surface area contributed by atoms with Gasteiger partial charge >= 0.3 is 0 Å². The molecule has 0 bridgehead atoms. The Hall–Kier alpha value is -1.92. The summed E-state index contributed by atoms with van der Waals surface area (Å²) in [7, 11) is 0. The Morgan fingerprint density at radius 2 is 2.14 bits per heavy atom. The summed E-state index contributed by atoms with van der Waals surface area (Å²) in [6.07, 6.45) is 0. The van der Waals surface area contributed by atoms with E-state index in [0.29, 0.717) is 17.8 Å². The quantitative estimate of drug-likeness (QED) is 0.760. The summed E-state index contributed by atoms with van der Waals surface area (Å²) >= 11 is 4.95. The summed E-state index contributed by atoms with van der Waals surface area (Å²) in [5, 5.41) is 8.77. The zero-order valence-electron chi connectivity index (χ0n) is 10.9. The van der Waals surface area contributed by atoms with Crippen molar-refractivity contribution in [3.05, 3.63) is 63.6 Å². The molecule has 0 fully saturated rings. The standard InChI is InChI=1S/C15H11BrN2O2S/c16-12-5-2-1-4-11(12)15(19)17-9-10-8-13(20-18-10)14-6-3-7-21-14/h1-8H,9H2,(H,17,19). The number of amides is 1. The van der Waals surface area contributed by atoms with Gasteiger partial charge in [-0.2, -0.15) is 0 Å². The van der Waals surface area contributed by atoms with Gasteiger partial charge in [-0.15, -0.1) is 11.3 Å². The molecule has 0 saturated carbocycles. The fourth-order valence-corrected chi connectivity index (χ4v) is 2.98. The molecule has 1 N–H and O–H groups in total. The van der Waals surface area contributed by atoms with E-state index >= 15 is 0 Å². The number of hydrogen-bond acceptors (Lipinski definition) is 4. The predicted octanol–water partition coefficient (Wildman–Crippen LogP) is 4.10. The van der Waals surface area contributed by atoms with Crippen LogP contribution in [0.4, 0.5) is 0 Å². The van der Waals surface area contributed by atoms with E-state index in [0.717, 1.165) is 15.1 Å². The fraction of sp³-hybridized carbons (Fsp3) is 0.0667. The third-order valence-electron chi connectivity index (χ3n) is 2.87. The van der Waals surface area contributed by atoms with Gasteiger partial charge in [0, 0.05) is 10.5 Å². The van der Waals surface area contributed by atoms with Crippen molar-refractivity contribution in [2.75, 3.05) is 0 Å². The van der Waals surface area contributed by atoms with Gasteiger partial charge in [-0.05, 0) is 39.5 Å². The lowest BCUT2D eigenvalue weighted by atomic mass is 10.2. The van der Waals surface area contributed by atoms with Crippen LogP contribution < -0.4 is 5.32 Å². The van der Waals surface area contributed by atoms with Crippen LogP contribution in [0.5, 0.6) is 0 Å². The van der Waals surface area contributed by atoms with Gasteiger partial charge in [-0.1, -0.05) is 23.4 Å². The number of hydrogen-bond donors (Lipinski definition) is 1. The van der Waals surface area contributed by atoms with Gasteiger partial charge in [0.05, 0.1) is 17.0 Å². The van der Waals surface area contributed by atoms with Gasteiger partial charge in [0.1, 0.15) is 5.69 Å². The van der Waals surface area contributed by atoms with Gasteiger partial charge in [0.2, 0.25) is 0 Å². The molecule has 2 aromatic heterocycles. The first-order valence-electron chi connectivity index (χ1n) is 6.26. The third-order valence-corrected chi connectivity index (χ3v) is 4.45. The maximum absolute atomic E-state index is 12.1. The number of aromatic nitrogens is 1. The maximum Gasteiger partial charge on any atom is 0.252 e. The minimum Gasteiger partial charge on any atom is -0.355 e. The number of carbonyl (C=O) groups is 1. The van der Waals surface area contributed by atoms with E-state index in [-0.39, 0.29) is 5.91 Å². The molecule has 0 radical (unpaired) electrons. The molecule has 106 valence electrons. The van der Waals surface area contributed by atoms with E-state index in [2.05, 4.69) is 26.4 Å². The summed E-state index contributed by atoms with van der Waals surface area (Å²) in [6.45, 7) is 0.328. The molecule has 21 heavy (non-hydrogen) atoms. The van der Waals surface area contributed by atoms with Gasteiger partial charge in [-0.25, -0.2) is 0 Å². The van der Waals surface area contributed by atoms with Crippen molar-refractivity contribution in [1.82, 2.24) is 10.5 Å². The highest BCUT2D eigenvalue weighted by Crippen LogP contribution is 2.25. The molecule has 0 unspecified atom stereocenters. The lowest BCUT2D eigenvalue weighted by Gasteiger charge is -2.04. The Labute approximate surface area is 133 Å². The summed E-state index contributed by atoms with van der Waals surface area (Å²) in [4.78, 5) is 13.1. The van der Waals surface area contributed by atoms with Gasteiger partial charge in [-0.3, -0.25) is 4.79 Å². The van der Waals surface area contributed by atoms with E-state index in [9.17, 15) is 4.79 Å². The molecule has 1 aromatic carbocycles. The number of carbonyl (C=O) groups excluding carboxylic acids is 1. The Morgan fingerprint density at radius 1 is 1.29 bits per heavy atom. The minimum absolute atomic E-state index is 0.150. The molecule has 3 rings (SSSR count). The smallest absolute Gasteiger partial charge is 0.252 e. The molecule has 0 aliphatic rings. The van der Waals surface area contributed by atoms with Gasteiger partial charge in [0.15, 0.2) is 5.76 Å². The topological polar surface area (TPSA) is 55.1 Å². The van der Waals surface area contributed by atoms with Crippen LogP contribution in [0.3, 0.4) is 0 Å². The first-order valence-corrected chi connectivity index (χ1v) is 7.93. The van der Waals surface area contributed by atoms with Crippen molar-refractivity contribution in [2.45, 2.75) is 6.54 Å². The summed E-state index contributed by atoms with van der Waals surface area (Å²) < 4.78 is 6.04. The predicted molar refractivity (Wildman–Crippen MR) is 85.1 cm³/mol. The number of nitrogens with zero attached hydrogens (tertiary/aromatic N) is 1. The first-order chi connectivity index (χ1) is 10.2. The van der Waals surface area contributed by atoms with Crippen LogP contribution >= 0.6 is 27.3 Å². The molecular weight excluding hydrogens is 352 g/mol. The van der Waals surface area contributed by atoms with Crippen LogP contribution in [-0.2, 0) is 6.54 Å². The molecule has 2 heterocycles. The van der Waals surface area contributed by atoms with Gasteiger partial charge in [0.25, 0.3) is 5.91 Å². The van der Waals surface area contributed by atoms with E-state index in [1.165, 1.54) is 0 Å². The summed E-state index contributed by atoms with van der Waals surface area (Å²) in [5.41, 5.74) is 1.29. The molecule has 3 aromatic rings. The normalized spacial score (nSPS) is 10.5. The maximum atomic E-state index is 12.1. The minimum atomic E-state index is -0.150. The lowest BCUT2D eigenvalue weighted by Crippen LogP contribution is -2.23. The summed E-state index contributed by atoms with van der Waals surface area (Å²) in [6, 6.07) is 13.0. The Balaban J connectivity index is 1.66. The SMILES string of the molecule is O=C(NCc1cc(-c2cccs2)on1)c1ccccc1Br. The highest BCUT2D eigenvalue weighted by molar-refractivity contribution is 9.10. The third kappa shape index (κ3) is 3.22. The van der Waals surface area contributed by atoms with Crippen molar-refractivity contribution >= 4 is 33.2 Å². The molecule has 0 aliphatic heterocycles. The second-order valence-corrected chi connectivity index (χ2v) is 6.12. The monoisotopic (exact) mass is 362 g/mol. The lowest BCUT2D eigenvalue weighted by molar-refractivity contribution is 0.0949. The number of thiophene rings is 1. The van der Waals surface area contributed by atoms with Crippen molar-refractivity contribution in [3.8, 4) is 10.6 Å². The van der Waals surface area contributed by atoms with Crippen LogP contribution in [0, 0.1) is 0 Å². The summed E-state index contributed by atoms with van der Waals surface area (Å²) in [5.74, 6) is 0.568. The van der Waals surface area contributed by atoms with Crippen molar-refractivity contribution < 1.29 is 9.32 Å². The number of rotatable bonds is 4. The fourth-order valence-electron chi connectivity index (χ4n) is 1.84. The van der Waals surface area contributed by atoms with Crippen LogP contribution in [-0.4, -0.2) is 11.1 Å². The molecule has 1 amide bonds. The Bertz CT molecular complexity index is 753. The number of benzene rings is 1. The number of halogens is 1. The highest BCUT2D eigenvalue weighted by atomic mass is 79.9. The van der Waals surface area contributed by atoms with Gasteiger partial charge < -0.3 is 9.84 Å². The van der Waals surface area contributed by atoms with E-state index < -0.39 is 0 Å². The Morgan fingerprint density at radius 3 is 2.90 bits per heavy atom. The average Bonchev–Trinajstić information content (AvgIpc) is 3.16. The van der Waals surface area contributed by atoms with Crippen molar-refractivity contribution in [2.24, 2.45) is 0 Å². The second kappa shape index (κ2) is 6.24. The first kappa shape index (κ1) is 14.0. The largest absolute Gasteiger partial charge is 0.355 e. The van der Waals surface area contributed by atoms with Crippen molar-refractivity contribution in [3.63, 3.8) is 0 Å². The molecule has 0 spiro atoms. The van der Waals surface area contributed by atoms with E-state index in [1.54, 1.807) is 17.4 Å². The van der Waals surface area contributed by atoms with Crippen LogP contribution in [0.1, 0.15) is 16.1 Å². The molecule has 6 heteroatoms. The van der Waals surface area contributed by atoms with Crippen LogP contribution in [0.15, 0.2) is 56.8 Å². The van der Waals surface area contributed by atoms with Crippen LogP contribution in [0.2, 0.25) is 0 Å². The molecule has 0 atom stereocenters. The van der Waals surface area contributed by atoms with Crippen molar-refractivity contribution in [1.29, 1.82) is 0 Å². The molecule has 0 saturated heterocycles. The molecule has 0 aliphatic carbocycles. The zero-order valence-corrected chi connectivity index (χ0v) is 13.3. The van der Waals surface area contributed by atoms with Crippen LogP contribution in [0.25, 0.3) is 10.6 Å². The zero-order chi connectivity index (χ0) is 14.7. The van der Waals surface area contributed by atoms with E-state index in [4.69, 9.17) is 4.52 Å². The average molecular weight is 363 g/mol. The molecular formula is C15H11BrN2O2S. The Kier molecular flexibility index (Phi) is 4.17. The van der Waals surface area contributed by atoms with E-state index in [1.807, 2.05) is 41.8 Å². The molecule has 4 nitrogen and oxygen atoms in total. The highest BCUT2D eigenvalue weighted by Gasteiger charge is 2.11. The second-order valence-electron chi connectivity index (χ2n) is 4.32. The number of nitrogens with one attached hydrogen (secondary N) is 1.